The van der Waals surface area contributed by atoms with E-state index in [1.165, 1.54) is 0 Å². The first-order valence-corrected chi connectivity index (χ1v) is 6.49. The minimum absolute atomic E-state index is 0.187. The number of esters is 1. The van der Waals surface area contributed by atoms with Crippen molar-refractivity contribution in [3.8, 4) is 0 Å². The Morgan fingerprint density at radius 1 is 1.26 bits per heavy atom. The van der Waals surface area contributed by atoms with Gasteiger partial charge in [0.1, 0.15) is 6.61 Å². The summed E-state index contributed by atoms with van der Waals surface area (Å²) in [7, 11) is 0. The fourth-order valence-corrected chi connectivity index (χ4v) is 1.89. The van der Waals surface area contributed by atoms with E-state index >= 15 is 0 Å². The minimum atomic E-state index is -0.963. The van der Waals surface area contributed by atoms with Gasteiger partial charge in [-0.1, -0.05) is 50.6 Å². The fourth-order valence-electron chi connectivity index (χ4n) is 1.89. The molecular formula is C15H20O4. The predicted octanol–water partition coefficient (Wildman–Crippen LogP) is 2.87. The molecule has 0 aromatic heterocycles. The van der Waals surface area contributed by atoms with Crippen molar-refractivity contribution in [1.29, 1.82) is 0 Å². The number of rotatable bonds is 7. The van der Waals surface area contributed by atoms with Crippen molar-refractivity contribution >= 4 is 11.9 Å². The monoisotopic (exact) mass is 264 g/mol. The molecule has 0 aliphatic rings. The highest BCUT2D eigenvalue weighted by Gasteiger charge is 2.30. The van der Waals surface area contributed by atoms with Crippen molar-refractivity contribution in [3.05, 3.63) is 35.9 Å². The Morgan fingerprint density at radius 2 is 1.89 bits per heavy atom. The van der Waals surface area contributed by atoms with E-state index in [4.69, 9.17) is 9.84 Å². The van der Waals surface area contributed by atoms with Crippen LogP contribution in [0.15, 0.2) is 30.3 Å². The van der Waals surface area contributed by atoms with E-state index in [1.807, 2.05) is 37.3 Å². The molecule has 0 amide bonds. The second-order valence-electron chi connectivity index (χ2n) is 4.62. The van der Waals surface area contributed by atoms with Gasteiger partial charge < -0.3 is 9.84 Å². The minimum Gasteiger partial charge on any atom is -0.481 e. The third-order valence-corrected chi connectivity index (χ3v) is 3.12. The molecular weight excluding hydrogens is 244 g/mol. The molecule has 0 aliphatic heterocycles. The van der Waals surface area contributed by atoms with Gasteiger partial charge in [0.15, 0.2) is 0 Å². The first-order valence-electron chi connectivity index (χ1n) is 6.49. The van der Waals surface area contributed by atoms with Crippen LogP contribution >= 0.6 is 0 Å². The van der Waals surface area contributed by atoms with Crippen LogP contribution in [-0.2, 0) is 20.9 Å². The fraction of sp³-hybridized carbons (Fsp3) is 0.467. The van der Waals surface area contributed by atoms with E-state index in [9.17, 15) is 9.59 Å². The van der Waals surface area contributed by atoms with Gasteiger partial charge in [-0.25, -0.2) is 0 Å². The van der Waals surface area contributed by atoms with Crippen molar-refractivity contribution in [1.82, 2.24) is 0 Å². The molecule has 2 unspecified atom stereocenters. The zero-order valence-electron chi connectivity index (χ0n) is 11.3. The van der Waals surface area contributed by atoms with Crippen LogP contribution < -0.4 is 0 Å². The van der Waals surface area contributed by atoms with Crippen LogP contribution in [0.1, 0.15) is 32.3 Å². The smallest absolute Gasteiger partial charge is 0.310 e. The lowest BCUT2D eigenvalue weighted by molar-refractivity contribution is -0.158. The Labute approximate surface area is 113 Å². The number of aliphatic carboxylic acids is 1. The summed E-state index contributed by atoms with van der Waals surface area (Å²) < 4.78 is 5.21. The summed E-state index contributed by atoms with van der Waals surface area (Å²) in [5, 5.41) is 9.01. The van der Waals surface area contributed by atoms with Crippen molar-refractivity contribution in [3.63, 3.8) is 0 Å². The molecule has 0 bridgehead atoms. The first kappa shape index (κ1) is 15.2. The van der Waals surface area contributed by atoms with Gasteiger partial charge in [0, 0.05) is 0 Å². The SMILES string of the molecule is CCCC(C(=O)OCc1ccccc1)C(C)C(=O)O. The quantitative estimate of drug-likeness (QED) is 0.769. The van der Waals surface area contributed by atoms with Gasteiger partial charge in [-0.05, 0) is 12.0 Å². The van der Waals surface area contributed by atoms with Gasteiger partial charge in [0.05, 0.1) is 11.8 Å². The molecule has 0 saturated carbocycles. The number of hydrogen-bond acceptors (Lipinski definition) is 3. The number of ether oxygens (including phenoxy) is 1. The largest absolute Gasteiger partial charge is 0.481 e. The molecule has 1 aromatic rings. The molecule has 0 aliphatic carbocycles. The molecule has 4 nitrogen and oxygen atoms in total. The average Bonchev–Trinajstić information content (AvgIpc) is 2.42. The predicted molar refractivity (Wildman–Crippen MR) is 71.4 cm³/mol. The van der Waals surface area contributed by atoms with E-state index in [1.54, 1.807) is 6.92 Å². The van der Waals surface area contributed by atoms with E-state index in [-0.39, 0.29) is 6.61 Å². The Hall–Kier alpha value is -1.84. The Balaban J connectivity index is 2.60. The zero-order chi connectivity index (χ0) is 14.3. The second kappa shape index (κ2) is 7.56. The first-order chi connectivity index (χ1) is 9.06. The number of benzene rings is 1. The summed E-state index contributed by atoms with van der Waals surface area (Å²) in [6, 6.07) is 9.35. The van der Waals surface area contributed by atoms with E-state index in [0.29, 0.717) is 6.42 Å². The number of carboxylic acid groups (broad SMARTS) is 1. The molecule has 104 valence electrons. The highest BCUT2D eigenvalue weighted by atomic mass is 16.5. The van der Waals surface area contributed by atoms with Gasteiger partial charge in [-0.3, -0.25) is 9.59 Å². The van der Waals surface area contributed by atoms with Crippen LogP contribution in [0.3, 0.4) is 0 Å². The molecule has 4 heteroatoms. The molecule has 19 heavy (non-hydrogen) atoms. The van der Waals surface area contributed by atoms with Crippen LogP contribution in [0.25, 0.3) is 0 Å². The van der Waals surface area contributed by atoms with Gasteiger partial charge in [0.25, 0.3) is 0 Å². The molecule has 2 atom stereocenters. The average molecular weight is 264 g/mol. The number of hydrogen-bond donors (Lipinski definition) is 1. The summed E-state index contributed by atoms with van der Waals surface area (Å²) >= 11 is 0. The Morgan fingerprint density at radius 3 is 2.42 bits per heavy atom. The normalized spacial score (nSPS) is 13.6. The second-order valence-corrected chi connectivity index (χ2v) is 4.62. The maximum Gasteiger partial charge on any atom is 0.310 e. The Bertz CT molecular complexity index is 413. The topological polar surface area (TPSA) is 63.6 Å². The molecule has 1 aromatic carbocycles. The van der Waals surface area contributed by atoms with Crippen molar-refractivity contribution in [2.24, 2.45) is 11.8 Å². The van der Waals surface area contributed by atoms with Crippen LogP contribution in [0.4, 0.5) is 0 Å². The summed E-state index contributed by atoms with van der Waals surface area (Å²) in [6.45, 7) is 3.66. The third-order valence-electron chi connectivity index (χ3n) is 3.12. The van der Waals surface area contributed by atoms with Gasteiger partial charge >= 0.3 is 11.9 Å². The summed E-state index contributed by atoms with van der Waals surface area (Å²) in [5.41, 5.74) is 0.897. The van der Waals surface area contributed by atoms with Gasteiger partial charge in [-0.15, -0.1) is 0 Å². The van der Waals surface area contributed by atoms with Crippen LogP contribution in [-0.4, -0.2) is 17.0 Å². The van der Waals surface area contributed by atoms with Crippen LogP contribution in [0.5, 0.6) is 0 Å². The highest BCUT2D eigenvalue weighted by Crippen LogP contribution is 2.20. The summed E-state index contributed by atoms with van der Waals surface area (Å²) in [6.07, 6.45) is 1.28. The molecule has 1 rings (SSSR count). The lowest BCUT2D eigenvalue weighted by Crippen LogP contribution is -2.29. The van der Waals surface area contributed by atoms with Crippen molar-refractivity contribution in [2.45, 2.75) is 33.3 Å². The number of carboxylic acids is 1. The zero-order valence-corrected chi connectivity index (χ0v) is 11.3. The number of carbonyl (C=O) groups excluding carboxylic acids is 1. The highest BCUT2D eigenvalue weighted by molar-refractivity contribution is 5.80. The van der Waals surface area contributed by atoms with E-state index < -0.39 is 23.8 Å². The lowest BCUT2D eigenvalue weighted by atomic mass is 9.90. The van der Waals surface area contributed by atoms with Gasteiger partial charge in [-0.2, -0.15) is 0 Å². The maximum atomic E-state index is 12.0. The molecule has 0 fully saturated rings. The standard InChI is InChI=1S/C15H20O4/c1-3-7-13(11(2)14(16)17)15(18)19-10-12-8-5-4-6-9-12/h4-6,8-9,11,13H,3,7,10H2,1-2H3,(H,16,17). The van der Waals surface area contributed by atoms with Gasteiger partial charge in [0.2, 0.25) is 0 Å². The molecule has 0 heterocycles. The van der Waals surface area contributed by atoms with Crippen molar-refractivity contribution < 1.29 is 19.4 Å². The van der Waals surface area contributed by atoms with Crippen molar-refractivity contribution in [2.75, 3.05) is 0 Å². The lowest BCUT2D eigenvalue weighted by Gasteiger charge is -2.18. The molecule has 0 radical (unpaired) electrons. The van der Waals surface area contributed by atoms with Crippen LogP contribution in [0, 0.1) is 11.8 Å². The molecule has 0 spiro atoms. The number of carbonyl (C=O) groups is 2. The van der Waals surface area contributed by atoms with Crippen LogP contribution in [0.2, 0.25) is 0 Å². The maximum absolute atomic E-state index is 12.0. The summed E-state index contributed by atoms with van der Waals surface area (Å²) in [5.74, 6) is -2.69. The van der Waals surface area contributed by atoms with E-state index in [0.717, 1.165) is 12.0 Å². The Kier molecular flexibility index (Phi) is 6.06. The molecule has 1 N–H and O–H groups in total. The summed E-state index contributed by atoms with van der Waals surface area (Å²) in [4.78, 5) is 23.0. The molecule has 0 saturated heterocycles. The third kappa shape index (κ3) is 4.73. The van der Waals surface area contributed by atoms with E-state index in [2.05, 4.69) is 0 Å².